The maximum Gasteiger partial charge on any atom is 0.221 e. The largest absolute Gasteiger partial charge is 0.497 e. The Morgan fingerprint density at radius 1 is 1.09 bits per heavy atom. The quantitative estimate of drug-likeness (QED) is 0.255. The number of nitrogens with zero attached hydrogens (tertiary/aromatic N) is 2. The molecule has 0 spiro atoms. The van der Waals surface area contributed by atoms with Gasteiger partial charge in [-0.05, 0) is 61.3 Å². The highest BCUT2D eigenvalue weighted by molar-refractivity contribution is 14.0. The standard InChI is InChI=1S/C25H35N5O2.HI/c1-19(31)29-22-9-7-8-20(16-22)17-27-25(26-2)28-18-24(30-14-5-4-6-15-30)21-10-12-23(32-3)13-11-21;/h7-13,16,24H,4-6,14-15,17-18H2,1-3H3,(H,29,31)(H2,26,27,28);1H. The third-order valence-electron chi connectivity index (χ3n) is 5.73. The van der Waals surface area contributed by atoms with Crippen LogP contribution in [-0.2, 0) is 11.3 Å². The fraction of sp³-hybridized carbons (Fsp3) is 0.440. The zero-order chi connectivity index (χ0) is 22.8. The number of aliphatic imine (C=N–C) groups is 1. The lowest BCUT2D eigenvalue weighted by molar-refractivity contribution is -0.114. The van der Waals surface area contributed by atoms with Crippen LogP contribution in [0.25, 0.3) is 0 Å². The van der Waals surface area contributed by atoms with E-state index in [0.717, 1.165) is 42.6 Å². The summed E-state index contributed by atoms with van der Waals surface area (Å²) in [6, 6.07) is 16.5. The number of carbonyl (C=O) groups excluding carboxylic acids is 1. The van der Waals surface area contributed by atoms with Gasteiger partial charge >= 0.3 is 0 Å². The van der Waals surface area contributed by atoms with E-state index >= 15 is 0 Å². The predicted octanol–water partition coefficient (Wildman–Crippen LogP) is 4.16. The lowest BCUT2D eigenvalue weighted by atomic mass is 10.0. The Kier molecular flexibility index (Phi) is 11.5. The minimum absolute atomic E-state index is 0. The minimum atomic E-state index is -0.0742. The number of ether oxygens (including phenoxy) is 1. The third kappa shape index (κ3) is 8.51. The predicted molar refractivity (Wildman–Crippen MR) is 146 cm³/mol. The number of benzene rings is 2. The molecule has 180 valence electrons. The highest BCUT2D eigenvalue weighted by Crippen LogP contribution is 2.25. The first-order valence-electron chi connectivity index (χ1n) is 11.3. The molecule has 1 unspecified atom stereocenters. The monoisotopic (exact) mass is 565 g/mol. The summed E-state index contributed by atoms with van der Waals surface area (Å²) in [5.74, 6) is 1.55. The van der Waals surface area contributed by atoms with E-state index in [1.807, 2.05) is 36.4 Å². The van der Waals surface area contributed by atoms with E-state index < -0.39 is 0 Å². The van der Waals surface area contributed by atoms with Crippen LogP contribution in [0.5, 0.6) is 5.75 Å². The van der Waals surface area contributed by atoms with Crippen molar-refractivity contribution in [1.29, 1.82) is 0 Å². The van der Waals surface area contributed by atoms with Crippen molar-refractivity contribution in [3.05, 3.63) is 59.7 Å². The summed E-state index contributed by atoms with van der Waals surface area (Å²) in [7, 11) is 3.48. The van der Waals surface area contributed by atoms with E-state index in [0.29, 0.717) is 6.54 Å². The lowest BCUT2D eigenvalue weighted by Gasteiger charge is -2.35. The van der Waals surface area contributed by atoms with Gasteiger partial charge in [0, 0.05) is 32.7 Å². The number of piperidine rings is 1. The summed E-state index contributed by atoms with van der Waals surface area (Å²) in [5, 5.41) is 9.71. The summed E-state index contributed by atoms with van der Waals surface area (Å²) in [4.78, 5) is 18.3. The van der Waals surface area contributed by atoms with Crippen LogP contribution >= 0.6 is 24.0 Å². The van der Waals surface area contributed by atoms with Crippen molar-refractivity contribution in [3.63, 3.8) is 0 Å². The highest BCUT2D eigenvalue weighted by Gasteiger charge is 2.22. The van der Waals surface area contributed by atoms with Crippen molar-refractivity contribution in [2.45, 2.75) is 38.8 Å². The first kappa shape index (κ1) is 26.9. The minimum Gasteiger partial charge on any atom is -0.497 e. The number of amides is 1. The van der Waals surface area contributed by atoms with Gasteiger partial charge in [-0.1, -0.05) is 30.7 Å². The molecule has 3 N–H and O–H groups in total. The zero-order valence-electron chi connectivity index (χ0n) is 19.8. The average molecular weight is 566 g/mol. The molecule has 0 aromatic heterocycles. The van der Waals surface area contributed by atoms with Crippen LogP contribution in [-0.4, -0.2) is 50.6 Å². The van der Waals surface area contributed by atoms with Gasteiger partial charge in [-0.3, -0.25) is 14.7 Å². The Balaban J connectivity index is 0.00000385. The number of nitrogens with one attached hydrogen (secondary N) is 3. The summed E-state index contributed by atoms with van der Waals surface area (Å²) in [5.41, 5.74) is 3.14. The Labute approximate surface area is 214 Å². The number of hydrogen-bond donors (Lipinski definition) is 3. The molecule has 3 rings (SSSR count). The first-order valence-corrected chi connectivity index (χ1v) is 11.3. The summed E-state index contributed by atoms with van der Waals surface area (Å²) < 4.78 is 5.33. The van der Waals surface area contributed by atoms with Gasteiger partial charge in [0.05, 0.1) is 13.2 Å². The van der Waals surface area contributed by atoms with Crippen molar-refractivity contribution in [2.75, 3.05) is 39.1 Å². The highest BCUT2D eigenvalue weighted by atomic mass is 127. The number of halogens is 1. The lowest BCUT2D eigenvalue weighted by Crippen LogP contribution is -2.44. The molecule has 33 heavy (non-hydrogen) atoms. The van der Waals surface area contributed by atoms with E-state index in [-0.39, 0.29) is 35.9 Å². The van der Waals surface area contributed by atoms with Gasteiger partial charge in [-0.2, -0.15) is 0 Å². The normalized spacial score (nSPS) is 15.2. The van der Waals surface area contributed by atoms with E-state index in [1.165, 1.54) is 31.7 Å². The molecule has 1 amide bonds. The SMILES string of the molecule is CN=C(NCc1cccc(NC(C)=O)c1)NCC(c1ccc(OC)cc1)N1CCCCC1.I. The molecule has 0 bridgehead atoms. The molecule has 1 aliphatic heterocycles. The second-order valence-electron chi connectivity index (χ2n) is 8.07. The zero-order valence-corrected chi connectivity index (χ0v) is 22.1. The Hall–Kier alpha value is -2.33. The van der Waals surface area contributed by atoms with Crippen LogP contribution < -0.4 is 20.7 Å². The molecular weight excluding hydrogens is 529 g/mol. The van der Waals surface area contributed by atoms with E-state index in [9.17, 15) is 4.79 Å². The molecule has 7 nitrogen and oxygen atoms in total. The second kappa shape index (κ2) is 14.0. The molecule has 8 heteroatoms. The molecule has 0 radical (unpaired) electrons. The Morgan fingerprint density at radius 2 is 1.82 bits per heavy atom. The molecule has 2 aromatic carbocycles. The topological polar surface area (TPSA) is 78.0 Å². The van der Waals surface area contributed by atoms with Crippen LogP contribution in [0.4, 0.5) is 5.69 Å². The van der Waals surface area contributed by atoms with Crippen LogP contribution in [0.3, 0.4) is 0 Å². The fourth-order valence-corrected chi connectivity index (χ4v) is 4.08. The summed E-state index contributed by atoms with van der Waals surface area (Å²) in [6.45, 7) is 5.11. The van der Waals surface area contributed by atoms with Crippen LogP contribution in [0, 0.1) is 0 Å². The van der Waals surface area contributed by atoms with Gasteiger partial charge in [0.2, 0.25) is 5.91 Å². The number of anilines is 1. The molecule has 0 saturated carbocycles. The van der Waals surface area contributed by atoms with E-state index in [2.05, 4.69) is 38.0 Å². The molecule has 1 atom stereocenters. The molecular formula is C25H36IN5O2. The molecule has 2 aromatic rings. The summed E-state index contributed by atoms with van der Waals surface area (Å²) >= 11 is 0. The van der Waals surface area contributed by atoms with Gasteiger partial charge in [-0.25, -0.2) is 0 Å². The number of hydrogen-bond acceptors (Lipinski definition) is 4. The van der Waals surface area contributed by atoms with Crippen LogP contribution in [0.2, 0.25) is 0 Å². The van der Waals surface area contributed by atoms with Crippen molar-refractivity contribution >= 4 is 41.5 Å². The van der Waals surface area contributed by atoms with Crippen LogP contribution in [0.1, 0.15) is 43.4 Å². The average Bonchev–Trinajstić information content (AvgIpc) is 2.82. The van der Waals surface area contributed by atoms with Gasteiger partial charge in [0.15, 0.2) is 5.96 Å². The van der Waals surface area contributed by atoms with Gasteiger partial charge in [-0.15, -0.1) is 24.0 Å². The third-order valence-corrected chi connectivity index (χ3v) is 5.73. The maximum absolute atomic E-state index is 11.3. The van der Waals surface area contributed by atoms with Crippen molar-refractivity contribution in [1.82, 2.24) is 15.5 Å². The maximum atomic E-state index is 11.3. The van der Waals surface area contributed by atoms with Crippen molar-refractivity contribution < 1.29 is 9.53 Å². The number of carbonyl (C=O) groups is 1. The number of rotatable bonds is 8. The van der Waals surface area contributed by atoms with Gasteiger partial charge in [0.25, 0.3) is 0 Å². The number of guanidine groups is 1. The molecule has 1 saturated heterocycles. The van der Waals surface area contributed by atoms with E-state index in [4.69, 9.17) is 4.74 Å². The molecule has 1 aliphatic rings. The Morgan fingerprint density at radius 3 is 2.45 bits per heavy atom. The second-order valence-corrected chi connectivity index (χ2v) is 8.07. The summed E-state index contributed by atoms with van der Waals surface area (Å²) in [6.07, 6.45) is 3.79. The molecule has 1 fully saturated rings. The fourth-order valence-electron chi connectivity index (χ4n) is 4.08. The first-order chi connectivity index (χ1) is 15.6. The van der Waals surface area contributed by atoms with E-state index in [1.54, 1.807) is 14.2 Å². The number of likely N-dealkylation sites (tertiary alicyclic amines) is 1. The smallest absolute Gasteiger partial charge is 0.221 e. The van der Waals surface area contributed by atoms with Gasteiger partial charge < -0.3 is 20.7 Å². The number of methoxy groups -OCH3 is 1. The Bertz CT molecular complexity index is 898. The molecule has 0 aliphatic carbocycles. The molecule has 1 heterocycles. The van der Waals surface area contributed by atoms with Crippen LogP contribution in [0.15, 0.2) is 53.5 Å². The van der Waals surface area contributed by atoms with Gasteiger partial charge in [0.1, 0.15) is 5.75 Å². The van der Waals surface area contributed by atoms with Crippen molar-refractivity contribution in [3.8, 4) is 5.75 Å². The van der Waals surface area contributed by atoms with Crippen molar-refractivity contribution in [2.24, 2.45) is 4.99 Å².